The number of allylic oxidation sites excluding steroid dienone is 2. The van der Waals surface area contributed by atoms with Gasteiger partial charge in [-0.1, -0.05) is 25.5 Å². The lowest BCUT2D eigenvalue weighted by molar-refractivity contribution is -0.0620. The normalized spacial score (nSPS) is 28.7. The standard InChI is InChI=1S/C13H24O2/c1-9-6-7-12(13(9,4)5)11(3)15-10(2)8-14/h6,10-12,14H,7-8H2,1-5H3. The van der Waals surface area contributed by atoms with Gasteiger partial charge in [-0.05, 0) is 38.5 Å². The Kier molecular flexibility index (Phi) is 3.96. The highest BCUT2D eigenvalue weighted by molar-refractivity contribution is 5.19. The van der Waals surface area contributed by atoms with Gasteiger partial charge in [0.1, 0.15) is 0 Å². The third-order valence-electron chi connectivity index (χ3n) is 3.89. The molecule has 0 radical (unpaired) electrons. The molecule has 3 unspecified atom stereocenters. The number of hydrogen-bond donors (Lipinski definition) is 1. The molecule has 0 saturated heterocycles. The molecule has 3 atom stereocenters. The van der Waals surface area contributed by atoms with Crippen LogP contribution in [0.4, 0.5) is 0 Å². The van der Waals surface area contributed by atoms with Crippen LogP contribution < -0.4 is 0 Å². The van der Waals surface area contributed by atoms with Crippen molar-refractivity contribution in [2.75, 3.05) is 6.61 Å². The van der Waals surface area contributed by atoms with E-state index in [4.69, 9.17) is 9.84 Å². The first-order valence-corrected chi connectivity index (χ1v) is 5.83. The SMILES string of the molecule is CC1=CCC(C(C)OC(C)CO)C1(C)C. The first-order valence-electron chi connectivity index (χ1n) is 5.83. The molecule has 88 valence electrons. The lowest BCUT2D eigenvalue weighted by Crippen LogP contribution is -2.34. The van der Waals surface area contributed by atoms with Crippen molar-refractivity contribution in [3.05, 3.63) is 11.6 Å². The summed E-state index contributed by atoms with van der Waals surface area (Å²) < 4.78 is 5.78. The highest BCUT2D eigenvalue weighted by atomic mass is 16.5. The van der Waals surface area contributed by atoms with Gasteiger partial charge in [-0.3, -0.25) is 0 Å². The lowest BCUT2D eigenvalue weighted by atomic mass is 9.75. The second kappa shape index (κ2) is 4.67. The van der Waals surface area contributed by atoms with Crippen LogP contribution in [-0.4, -0.2) is 23.9 Å². The predicted octanol–water partition coefficient (Wildman–Crippen LogP) is 2.76. The van der Waals surface area contributed by atoms with Crippen LogP contribution >= 0.6 is 0 Å². The second-order valence-corrected chi connectivity index (χ2v) is 5.29. The fourth-order valence-electron chi connectivity index (χ4n) is 2.44. The Morgan fingerprint density at radius 3 is 2.53 bits per heavy atom. The summed E-state index contributed by atoms with van der Waals surface area (Å²) in [5, 5.41) is 8.97. The van der Waals surface area contributed by atoms with Gasteiger partial charge in [0.25, 0.3) is 0 Å². The third-order valence-corrected chi connectivity index (χ3v) is 3.89. The first-order chi connectivity index (χ1) is 6.89. The Morgan fingerprint density at radius 2 is 2.13 bits per heavy atom. The molecule has 0 saturated carbocycles. The Bertz CT molecular complexity index is 243. The molecule has 0 aromatic heterocycles. The molecule has 0 heterocycles. The molecule has 0 amide bonds. The van der Waals surface area contributed by atoms with Crippen LogP contribution in [0.1, 0.15) is 41.0 Å². The average molecular weight is 212 g/mol. The van der Waals surface area contributed by atoms with Crippen LogP contribution in [-0.2, 0) is 4.74 Å². The molecule has 0 aromatic carbocycles. The fraction of sp³-hybridized carbons (Fsp3) is 0.846. The Labute approximate surface area is 93.3 Å². The van der Waals surface area contributed by atoms with Crippen molar-refractivity contribution < 1.29 is 9.84 Å². The molecule has 1 aliphatic rings. The van der Waals surface area contributed by atoms with E-state index in [0.29, 0.717) is 5.92 Å². The van der Waals surface area contributed by atoms with Crippen molar-refractivity contribution in [2.24, 2.45) is 11.3 Å². The summed E-state index contributed by atoms with van der Waals surface area (Å²) in [6.45, 7) is 10.9. The molecule has 0 fully saturated rings. The predicted molar refractivity (Wildman–Crippen MR) is 62.7 cm³/mol. The van der Waals surface area contributed by atoms with E-state index in [1.165, 1.54) is 5.57 Å². The average Bonchev–Trinajstić information content (AvgIpc) is 2.41. The van der Waals surface area contributed by atoms with Crippen molar-refractivity contribution >= 4 is 0 Å². The van der Waals surface area contributed by atoms with Gasteiger partial charge in [0, 0.05) is 0 Å². The van der Waals surface area contributed by atoms with E-state index in [9.17, 15) is 0 Å². The van der Waals surface area contributed by atoms with Crippen LogP contribution in [0, 0.1) is 11.3 Å². The molecular weight excluding hydrogens is 188 g/mol. The minimum Gasteiger partial charge on any atom is -0.394 e. The molecule has 1 N–H and O–H groups in total. The minimum absolute atomic E-state index is 0.0586. The molecule has 15 heavy (non-hydrogen) atoms. The summed E-state index contributed by atoms with van der Waals surface area (Å²) in [6, 6.07) is 0. The molecule has 0 bridgehead atoms. The summed E-state index contributed by atoms with van der Waals surface area (Å²) in [5.74, 6) is 0.534. The molecule has 2 nitrogen and oxygen atoms in total. The van der Waals surface area contributed by atoms with Crippen LogP contribution in [0.25, 0.3) is 0 Å². The van der Waals surface area contributed by atoms with E-state index >= 15 is 0 Å². The quantitative estimate of drug-likeness (QED) is 0.726. The monoisotopic (exact) mass is 212 g/mol. The van der Waals surface area contributed by atoms with E-state index in [1.54, 1.807) is 0 Å². The van der Waals surface area contributed by atoms with Gasteiger partial charge in [-0.15, -0.1) is 0 Å². The molecule has 0 spiro atoms. The summed E-state index contributed by atoms with van der Waals surface area (Å²) in [5.41, 5.74) is 1.69. The van der Waals surface area contributed by atoms with Crippen molar-refractivity contribution in [3.63, 3.8) is 0 Å². The summed E-state index contributed by atoms with van der Waals surface area (Å²) in [6.07, 6.45) is 3.55. The van der Waals surface area contributed by atoms with E-state index in [-0.39, 0.29) is 24.2 Å². The molecule has 0 aliphatic heterocycles. The van der Waals surface area contributed by atoms with Gasteiger partial charge in [0.2, 0.25) is 0 Å². The smallest absolute Gasteiger partial charge is 0.0781 e. The Balaban J connectivity index is 2.59. The van der Waals surface area contributed by atoms with Gasteiger partial charge in [0.15, 0.2) is 0 Å². The number of hydrogen-bond acceptors (Lipinski definition) is 2. The Hall–Kier alpha value is -0.340. The zero-order chi connectivity index (χ0) is 11.6. The summed E-state index contributed by atoms with van der Waals surface area (Å²) >= 11 is 0. The maximum Gasteiger partial charge on any atom is 0.0781 e. The summed E-state index contributed by atoms with van der Waals surface area (Å²) in [7, 11) is 0. The van der Waals surface area contributed by atoms with E-state index < -0.39 is 0 Å². The van der Waals surface area contributed by atoms with Crippen LogP contribution in [0.5, 0.6) is 0 Å². The van der Waals surface area contributed by atoms with Crippen LogP contribution in [0.2, 0.25) is 0 Å². The minimum atomic E-state index is -0.0586. The summed E-state index contributed by atoms with van der Waals surface area (Å²) in [4.78, 5) is 0. The van der Waals surface area contributed by atoms with Gasteiger partial charge in [-0.25, -0.2) is 0 Å². The maximum atomic E-state index is 8.97. The van der Waals surface area contributed by atoms with Gasteiger partial charge in [-0.2, -0.15) is 0 Å². The van der Waals surface area contributed by atoms with E-state index in [1.807, 2.05) is 6.92 Å². The molecule has 0 aromatic rings. The number of aliphatic hydroxyl groups excluding tert-OH is 1. The fourth-order valence-corrected chi connectivity index (χ4v) is 2.44. The topological polar surface area (TPSA) is 29.5 Å². The van der Waals surface area contributed by atoms with Crippen molar-refractivity contribution in [1.29, 1.82) is 0 Å². The molecule has 1 aliphatic carbocycles. The largest absolute Gasteiger partial charge is 0.394 e. The van der Waals surface area contributed by atoms with Gasteiger partial charge >= 0.3 is 0 Å². The van der Waals surface area contributed by atoms with Crippen molar-refractivity contribution in [2.45, 2.75) is 53.2 Å². The van der Waals surface area contributed by atoms with Gasteiger partial charge < -0.3 is 9.84 Å². The van der Waals surface area contributed by atoms with Crippen LogP contribution in [0.3, 0.4) is 0 Å². The Morgan fingerprint density at radius 1 is 1.53 bits per heavy atom. The van der Waals surface area contributed by atoms with Crippen molar-refractivity contribution in [1.82, 2.24) is 0 Å². The maximum absolute atomic E-state index is 8.97. The highest BCUT2D eigenvalue weighted by Crippen LogP contribution is 2.45. The zero-order valence-corrected chi connectivity index (χ0v) is 10.6. The highest BCUT2D eigenvalue weighted by Gasteiger charge is 2.38. The lowest BCUT2D eigenvalue weighted by Gasteiger charge is -2.35. The molecule has 2 heteroatoms. The number of rotatable bonds is 4. The number of aliphatic hydroxyl groups is 1. The van der Waals surface area contributed by atoms with Crippen molar-refractivity contribution in [3.8, 4) is 0 Å². The molecule has 1 rings (SSSR count). The van der Waals surface area contributed by atoms with E-state index in [0.717, 1.165) is 6.42 Å². The third kappa shape index (κ3) is 2.61. The second-order valence-electron chi connectivity index (χ2n) is 5.29. The first kappa shape index (κ1) is 12.7. The number of ether oxygens (including phenoxy) is 1. The molecular formula is C13H24O2. The van der Waals surface area contributed by atoms with E-state index in [2.05, 4.69) is 33.8 Å². The zero-order valence-electron chi connectivity index (χ0n) is 10.6. The van der Waals surface area contributed by atoms with Gasteiger partial charge in [0.05, 0.1) is 18.8 Å². The van der Waals surface area contributed by atoms with Crippen LogP contribution in [0.15, 0.2) is 11.6 Å².